The van der Waals surface area contributed by atoms with Crippen LogP contribution in [-0.4, -0.2) is 29.0 Å². The number of ether oxygens (including phenoxy) is 1. The van der Waals surface area contributed by atoms with Gasteiger partial charge in [0.2, 0.25) is 5.89 Å². The predicted octanol–water partition coefficient (Wildman–Crippen LogP) is 2.02. The van der Waals surface area contributed by atoms with E-state index >= 15 is 0 Å². The molecule has 1 aromatic heterocycles. The van der Waals surface area contributed by atoms with Gasteiger partial charge in [0, 0.05) is 11.2 Å². The van der Waals surface area contributed by atoms with E-state index in [1.54, 1.807) is 0 Å². The number of rotatable bonds is 4. The lowest BCUT2D eigenvalue weighted by atomic mass is 9.97. The molecule has 5 nitrogen and oxygen atoms in total. The minimum atomic E-state index is -0.233. The lowest BCUT2D eigenvalue weighted by Gasteiger charge is -2.10. The number of nitrogens with zero attached hydrogens (tertiary/aromatic N) is 2. The zero-order valence-electron chi connectivity index (χ0n) is 9.94. The van der Waals surface area contributed by atoms with E-state index in [-0.39, 0.29) is 11.4 Å². The summed E-state index contributed by atoms with van der Waals surface area (Å²) in [6.45, 7) is 6.01. The van der Waals surface area contributed by atoms with E-state index in [0.29, 0.717) is 23.3 Å². The lowest BCUT2D eigenvalue weighted by molar-refractivity contribution is -0.140. The second kappa shape index (κ2) is 5.34. The van der Waals surface area contributed by atoms with Crippen molar-refractivity contribution in [2.24, 2.45) is 0 Å². The molecule has 0 atom stereocenters. The van der Waals surface area contributed by atoms with E-state index in [1.807, 2.05) is 20.8 Å². The van der Waals surface area contributed by atoms with Crippen LogP contribution in [0, 0.1) is 0 Å². The topological polar surface area (TPSA) is 65.2 Å². The van der Waals surface area contributed by atoms with Gasteiger partial charge in [-0.3, -0.25) is 4.79 Å². The summed E-state index contributed by atoms with van der Waals surface area (Å²) in [4.78, 5) is 10.9. The van der Waals surface area contributed by atoms with E-state index < -0.39 is 0 Å². The van der Waals surface area contributed by atoms with Crippen molar-refractivity contribution in [2.45, 2.75) is 37.8 Å². The van der Waals surface area contributed by atoms with Crippen LogP contribution in [0.1, 0.15) is 33.1 Å². The van der Waals surface area contributed by atoms with Crippen molar-refractivity contribution < 1.29 is 13.9 Å². The third-order valence-electron chi connectivity index (χ3n) is 1.81. The summed E-state index contributed by atoms with van der Waals surface area (Å²) in [6, 6.07) is 0. The highest BCUT2D eigenvalue weighted by atomic mass is 32.2. The molecule has 0 fully saturated rings. The number of hydrogen-bond donors (Lipinski definition) is 0. The van der Waals surface area contributed by atoms with E-state index in [9.17, 15) is 4.79 Å². The maximum Gasteiger partial charge on any atom is 0.306 e. The summed E-state index contributed by atoms with van der Waals surface area (Å²) in [5, 5.41) is 8.35. The molecule has 0 saturated carbocycles. The minimum Gasteiger partial charge on any atom is -0.469 e. The smallest absolute Gasteiger partial charge is 0.306 e. The van der Waals surface area contributed by atoms with Crippen LogP contribution >= 0.6 is 11.8 Å². The molecule has 0 amide bonds. The Bertz CT molecular complexity index is 357. The van der Waals surface area contributed by atoms with Gasteiger partial charge in [-0.25, -0.2) is 0 Å². The summed E-state index contributed by atoms with van der Waals surface area (Å²) < 4.78 is 9.98. The molecule has 0 unspecified atom stereocenters. The Morgan fingerprint density at radius 2 is 2.12 bits per heavy atom. The fourth-order valence-electron chi connectivity index (χ4n) is 0.895. The highest BCUT2D eigenvalue weighted by Gasteiger charge is 2.21. The van der Waals surface area contributed by atoms with Gasteiger partial charge in [0.25, 0.3) is 5.22 Å². The highest BCUT2D eigenvalue weighted by Crippen LogP contribution is 2.24. The molecule has 6 heteroatoms. The molecule has 90 valence electrons. The van der Waals surface area contributed by atoms with Crippen molar-refractivity contribution in [1.82, 2.24) is 10.2 Å². The first-order chi connectivity index (χ1) is 7.43. The molecule has 0 aliphatic heterocycles. The first-order valence-electron chi connectivity index (χ1n) is 4.97. The minimum absolute atomic E-state index is 0.145. The molecular weight excluding hydrogens is 228 g/mol. The van der Waals surface area contributed by atoms with Crippen molar-refractivity contribution in [1.29, 1.82) is 0 Å². The van der Waals surface area contributed by atoms with Crippen LogP contribution in [0.3, 0.4) is 0 Å². The van der Waals surface area contributed by atoms with Gasteiger partial charge in [-0.1, -0.05) is 32.5 Å². The molecule has 1 rings (SSSR count). The number of carbonyl (C=O) groups is 1. The van der Waals surface area contributed by atoms with Crippen molar-refractivity contribution in [2.75, 3.05) is 12.9 Å². The van der Waals surface area contributed by atoms with Gasteiger partial charge in [0.15, 0.2) is 0 Å². The monoisotopic (exact) mass is 244 g/mol. The average Bonchev–Trinajstić information content (AvgIpc) is 2.65. The van der Waals surface area contributed by atoms with Gasteiger partial charge in [-0.05, 0) is 0 Å². The maximum atomic E-state index is 10.9. The van der Waals surface area contributed by atoms with Crippen LogP contribution in [0.2, 0.25) is 0 Å². The van der Waals surface area contributed by atoms with Crippen LogP contribution in [0.15, 0.2) is 9.64 Å². The maximum absolute atomic E-state index is 10.9. The summed E-state index contributed by atoms with van der Waals surface area (Å²) in [5.74, 6) is 0.953. The second-order valence-corrected chi connectivity index (χ2v) is 5.34. The number of carbonyl (C=O) groups excluding carboxylic acids is 1. The van der Waals surface area contributed by atoms with Gasteiger partial charge >= 0.3 is 5.97 Å². The van der Waals surface area contributed by atoms with Crippen LogP contribution in [0.25, 0.3) is 0 Å². The second-order valence-electron chi connectivity index (χ2n) is 4.30. The largest absolute Gasteiger partial charge is 0.469 e. The molecule has 0 radical (unpaired) electrons. The number of aromatic nitrogens is 2. The van der Waals surface area contributed by atoms with Gasteiger partial charge in [-0.15, -0.1) is 10.2 Å². The molecule has 16 heavy (non-hydrogen) atoms. The van der Waals surface area contributed by atoms with Crippen LogP contribution in [0.4, 0.5) is 0 Å². The third-order valence-corrected chi connectivity index (χ3v) is 2.63. The predicted molar refractivity (Wildman–Crippen MR) is 60.4 cm³/mol. The van der Waals surface area contributed by atoms with Crippen molar-refractivity contribution >= 4 is 17.7 Å². The quantitative estimate of drug-likeness (QED) is 0.596. The molecular formula is C10H16N2O3S. The summed E-state index contributed by atoms with van der Waals surface area (Å²) in [6.07, 6.45) is 0.342. The van der Waals surface area contributed by atoms with E-state index in [0.717, 1.165) is 0 Å². The lowest BCUT2D eigenvalue weighted by Crippen LogP contribution is -2.11. The Morgan fingerprint density at radius 1 is 1.44 bits per heavy atom. The Labute approximate surface area is 99.0 Å². The third kappa shape index (κ3) is 3.84. The highest BCUT2D eigenvalue weighted by molar-refractivity contribution is 7.99. The van der Waals surface area contributed by atoms with Gasteiger partial charge in [-0.2, -0.15) is 0 Å². The fraction of sp³-hybridized carbons (Fsp3) is 0.700. The van der Waals surface area contributed by atoms with E-state index in [2.05, 4.69) is 14.9 Å². The van der Waals surface area contributed by atoms with Crippen LogP contribution < -0.4 is 0 Å². The number of thioether (sulfide) groups is 1. The van der Waals surface area contributed by atoms with Crippen LogP contribution in [0.5, 0.6) is 0 Å². The zero-order valence-corrected chi connectivity index (χ0v) is 10.8. The molecule has 0 aliphatic carbocycles. The summed E-state index contributed by atoms with van der Waals surface area (Å²) in [5.41, 5.74) is -0.145. The van der Waals surface area contributed by atoms with Crippen molar-refractivity contribution in [3.63, 3.8) is 0 Å². The number of hydrogen-bond acceptors (Lipinski definition) is 6. The molecule has 0 saturated heterocycles. The van der Waals surface area contributed by atoms with Gasteiger partial charge in [0.1, 0.15) is 0 Å². The molecule has 0 bridgehead atoms. The zero-order chi connectivity index (χ0) is 12.2. The molecule has 0 aromatic carbocycles. The Balaban J connectivity index is 2.44. The first-order valence-corrected chi connectivity index (χ1v) is 5.95. The van der Waals surface area contributed by atoms with Crippen LogP contribution in [-0.2, 0) is 14.9 Å². The van der Waals surface area contributed by atoms with Crippen molar-refractivity contribution in [3.05, 3.63) is 5.89 Å². The number of esters is 1. The standard InChI is InChI=1S/C10H16N2O3S/c1-10(2,3)8-11-12-9(15-8)16-6-5-7(13)14-4/h5-6H2,1-4H3. The van der Waals surface area contributed by atoms with Gasteiger partial charge < -0.3 is 9.15 Å². The fourth-order valence-corrected chi connectivity index (χ4v) is 1.57. The Hall–Kier alpha value is -1.04. The first kappa shape index (κ1) is 13.0. The van der Waals surface area contributed by atoms with Gasteiger partial charge in [0.05, 0.1) is 13.5 Å². The SMILES string of the molecule is COC(=O)CCSc1nnc(C(C)(C)C)o1. The molecule has 0 aliphatic rings. The average molecular weight is 244 g/mol. The summed E-state index contributed by atoms with van der Waals surface area (Å²) in [7, 11) is 1.37. The normalized spacial score (nSPS) is 11.5. The van der Waals surface area contributed by atoms with E-state index in [4.69, 9.17) is 4.42 Å². The Kier molecular flexibility index (Phi) is 4.35. The van der Waals surface area contributed by atoms with E-state index in [1.165, 1.54) is 18.9 Å². The molecule has 0 N–H and O–H groups in total. The molecule has 0 spiro atoms. The number of methoxy groups -OCH3 is 1. The van der Waals surface area contributed by atoms with Crippen molar-refractivity contribution in [3.8, 4) is 0 Å². The molecule has 1 heterocycles. The molecule has 1 aromatic rings. The summed E-state index contributed by atoms with van der Waals surface area (Å²) >= 11 is 1.36. The Morgan fingerprint density at radius 3 is 2.62 bits per heavy atom.